The molecule has 3 N–H and O–H groups in total. The molecule has 0 radical (unpaired) electrons. The molecule has 3 rings (SSSR count). The SMILES string of the molecule is COC(=O)CNC(=O)c1ccc2nc(NC(=O)c3[nH]c(C)c(Cl)c3Cl)sc2c1. The number of nitrogens with one attached hydrogen (secondary N) is 3. The lowest BCUT2D eigenvalue weighted by Gasteiger charge is -2.03. The fraction of sp³-hybridized carbons (Fsp3) is 0.176. The molecule has 0 aliphatic heterocycles. The molecular weight excluding hydrogens is 427 g/mol. The van der Waals surface area contributed by atoms with E-state index in [0.717, 1.165) is 0 Å². The molecule has 0 atom stereocenters. The van der Waals surface area contributed by atoms with Crippen LogP contribution in [-0.4, -0.2) is 41.4 Å². The molecule has 0 bridgehead atoms. The van der Waals surface area contributed by atoms with Crippen molar-refractivity contribution in [3.63, 3.8) is 0 Å². The Hall–Kier alpha value is -2.62. The number of H-pyrrole nitrogens is 1. The number of thiazole rings is 1. The van der Waals surface area contributed by atoms with Crippen LogP contribution in [0.2, 0.25) is 10.0 Å². The number of halogens is 2. The van der Waals surface area contributed by atoms with Crippen LogP contribution in [0.15, 0.2) is 18.2 Å². The largest absolute Gasteiger partial charge is 0.468 e. The van der Waals surface area contributed by atoms with Gasteiger partial charge >= 0.3 is 5.97 Å². The number of amides is 2. The van der Waals surface area contributed by atoms with Gasteiger partial charge in [-0.25, -0.2) is 4.98 Å². The van der Waals surface area contributed by atoms with Crippen LogP contribution in [0.4, 0.5) is 5.13 Å². The molecule has 2 aromatic heterocycles. The number of ether oxygens (including phenoxy) is 1. The van der Waals surface area contributed by atoms with Crippen LogP contribution in [-0.2, 0) is 9.53 Å². The van der Waals surface area contributed by atoms with Gasteiger partial charge in [0.05, 0.1) is 27.4 Å². The highest BCUT2D eigenvalue weighted by atomic mass is 35.5. The molecule has 2 amide bonds. The van der Waals surface area contributed by atoms with E-state index < -0.39 is 17.8 Å². The summed E-state index contributed by atoms with van der Waals surface area (Å²) in [4.78, 5) is 42.8. The van der Waals surface area contributed by atoms with Gasteiger partial charge in [-0.3, -0.25) is 19.7 Å². The fourth-order valence-corrected chi connectivity index (χ4v) is 3.65. The van der Waals surface area contributed by atoms with Crippen molar-refractivity contribution in [2.75, 3.05) is 19.0 Å². The molecule has 0 saturated carbocycles. The standard InChI is InChI=1S/C17H14Cl2N4O4S/c1-7-12(18)13(19)14(21-7)16(26)23-17-22-9-4-3-8(5-10(9)28-17)15(25)20-6-11(24)27-2/h3-5,21H,6H2,1-2H3,(H,20,25)(H,22,23,26). The van der Waals surface area contributed by atoms with Crippen molar-refractivity contribution in [2.24, 2.45) is 0 Å². The quantitative estimate of drug-likeness (QED) is 0.526. The van der Waals surface area contributed by atoms with Gasteiger partial charge in [0.1, 0.15) is 12.2 Å². The summed E-state index contributed by atoms with van der Waals surface area (Å²) in [6, 6.07) is 4.85. The maximum Gasteiger partial charge on any atom is 0.325 e. The molecule has 0 unspecified atom stereocenters. The first-order chi connectivity index (χ1) is 13.3. The summed E-state index contributed by atoms with van der Waals surface area (Å²) in [7, 11) is 1.24. The number of carbonyl (C=O) groups excluding carboxylic acids is 3. The summed E-state index contributed by atoms with van der Waals surface area (Å²) in [6.45, 7) is 1.48. The zero-order chi connectivity index (χ0) is 20.4. The minimum atomic E-state index is -0.546. The summed E-state index contributed by atoms with van der Waals surface area (Å²) < 4.78 is 5.17. The van der Waals surface area contributed by atoms with E-state index in [-0.39, 0.29) is 17.3 Å². The van der Waals surface area contributed by atoms with Gasteiger partial charge in [0.2, 0.25) is 0 Å². The molecule has 3 aromatic rings. The van der Waals surface area contributed by atoms with E-state index in [0.29, 0.717) is 31.6 Å². The number of rotatable bonds is 5. The first kappa shape index (κ1) is 20.1. The minimum absolute atomic E-state index is 0.141. The van der Waals surface area contributed by atoms with Crippen molar-refractivity contribution in [1.29, 1.82) is 0 Å². The Balaban J connectivity index is 1.77. The zero-order valence-corrected chi connectivity index (χ0v) is 17.0. The van der Waals surface area contributed by atoms with Gasteiger partial charge in [0.15, 0.2) is 5.13 Å². The molecule has 1 aromatic carbocycles. The Kier molecular flexibility index (Phi) is 5.87. The van der Waals surface area contributed by atoms with Gasteiger partial charge in [-0.1, -0.05) is 34.5 Å². The van der Waals surface area contributed by atoms with Crippen molar-refractivity contribution in [3.05, 3.63) is 45.2 Å². The first-order valence-electron chi connectivity index (χ1n) is 7.90. The summed E-state index contributed by atoms with van der Waals surface area (Å²) in [6.07, 6.45) is 0. The number of hydrogen-bond donors (Lipinski definition) is 3. The van der Waals surface area contributed by atoms with Gasteiger partial charge < -0.3 is 15.0 Å². The Morgan fingerprint density at radius 3 is 2.61 bits per heavy atom. The van der Waals surface area contributed by atoms with Crippen LogP contribution in [0.3, 0.4) is 0 Å². The van der Waals surface area contributed by atoms with Crippen LogP contribution in [0, 0.1) is 6.92 Å². The molecule has 28 heavy (non-hydrogen) atoms. The molecule has 0 spiro atoms. The van der Waals surface area contributed by atoms with E-state index in [4.69, 9.17) is 23.2 Å². The molecule has 146 valence electrons. The molecule has 11 heteroatoms. The van der Waals surface area contributed by atoms with E-state index in [2.05, 4.69) is 25.3 Å². The Bertz CT molecular complexity index is 1090. The smallest absolute Gasteiger partial charge is 0.325 e. The fourth-order valence-electron chi connectivity index (χ4n) is 2.33. The third kappa shape index (κ3) is 4.11. The van der Waals surface area contributed by atoms with E-state index >= 15 is 0 Å². The predicted octanol–water partition coefficient (Wildman–Crippen LogP) is 3.39. The number of benzene rings is 1. The molecule has 2 heterocycles. The average molecular weight is 441 g/mol. The van der Waals surface area contributed by atoms with Crippen molar-refractivity contribution in [3.8, 4) is 0 Å². The lowest BCUT2D eigenvalue weighted by Crippen LogP contribution is -2.30. The number of fused-ring (bicyclic) bond motifs is 1. The van der Waals surface area contributed by atoms with Crippen molar-refractivity contribution in [1.82, 2.24) is 15.3 Å². The number of anilines is 1. The Morgan fingerprint density at radius 1 is 1.21 bits per heavy atom. The second kappa shape index (κ2) is 8.17. The van der Waals surface area contributed by atoms with Gasteiger partial charge in [-0.2, -0.15) is 0 Å². The summed E-state index contributed by atoms with van der Waals surface area (Å²) in [5, 5.41) is 5.89. The number of methoxy groups -OCH3 is 1. The topological polar surface area (TPSA) is 113 Å². The average Bonchev–Trinajstić information content (AvgIpc) is 3.20. The number of aromatic nitrogens is 2. The lowest BCUT2D eigenvalue weighted by molar-refractivity contribution is -0.139. The van der Waals surface area contributed by atoms with Crippen LogP contribution in [0.5, 0.6) is 0 Å². The van der Waals surface area contributed by atoms with Crippen molar-refractivity contribution >= 4 is 67.7 Å². The molecule has 8 nitrogen and oxygen atoms in total. The second-order valence-electron chi connectivity index (χ2n) is 5.67. The monoisotopic (exact) mass is 440 g/mol. The number of aromatic amines is 1. The van der Waals surface area contributed by atoms with Crippen LogP contribution < -0.4 is 10.6 Å². The first-order valence-corrected chi connectivity index (χ1v) is 9.48. The molecule has 0 fully saturated rings. The molecule has 0 aliphatic carbocycles. The van der Waals surface area contributed by atoms with Crippen molar-refractivity contribution < 1.29 is 19.1 Å². The Labute approximate surface area is 173 Å². The maximum atomic E-state index is 12.4. The minimum Gasteiger partial charge on any atom is -0.468 e. The van der Waals surface area contributed by atoms with Crippen LogP contribution in [0.1, 0.15) is 26.5 Å². The lowest BCUT2D eigenvalue weighted by atomic mass is 10.2. The maximum absolute atomic E-state index is 12.4. The molecular formula is C17H14Cl2N4O4S. The van der Waals surface area contributed by atoms with Gasteiger partial charge in [-0.05, 0) is 25.1 Å². The second-order valence-corrected chi connectivity index (χ2v) is 7.45. The summed E-state index contributed by atoms with van der Waals surface area (Å²) in [5.41, 5.74) is 1.69. The number of esters is 1. The number of nitrogens with zero attached hydrogens (tertiary/aromatic N) is 1. The highest BCUT2D eigenvalue weighted by Crippen LogP contribution is 2.31. The Morgan fingerprint density at radius 2 is 1.96 bits per heavy atom. The molecule has 0 aliphatic rings. The van der Waals surface area contributed by atoms with Crippen molar-refractivity contribution in [2.45, 2.75) is 6.92 Å². The normalized spacial score (nSPS) is 10.7. The predicted molar refractivity (Wildman–Crippen MR) is 107 cm³/mol. The van der Waals surface area contributed by atoms with E-state index in [1.165, 1.54) is 18.4 Å². The summed E-state index contributed by atoms with van der Waals surface area (Å²) >= 11 is 13.2. The van der Waals surface area contributed by atoms with E-state index in [1.54, 1.807) is 25.1 Å². The van der Waals surface area contributed by atoms with Crippen LogP contribution in [0.25, 0.3) is 10.2 Å². The van der Waals surface area contributed by atoms with Gasteiger partial charge in [0.25, 0.3) is 11.8 Å². The number of carbonyl (C=O) groups is 3. The zero-order valence-electron chi connectivity index (χ0n) is 14.7. The number of hydrogen-bond acceptors (Lipinski definition) is 6. The molecule has 0 saturated heterocycles. The third-order valence-corrected chi connectivity index (χ3v) is 5.65. The third-order valence-electron chi connectivity index (χ3n) is 3.77. The number of aryl methyl sites for hydroxylation is 1. The summed E-state index contributed by atoms with van der Waals surface area (Å²) in [5.74, 6) is -1.44. The highest BCUT2D eigenvalue weighted by Gasteiger charge is 2.19. The van der Waals surface area contributed by atoms with Gasteiger partial charge in [0, 0.05) is 11.3 Å². The van der Waals surface area contributed by atoms with E-state index in [9.17, 15) is 14.4 Å². The van der Waals surface area contributed by atoms with Gasteiger partial charge in [-0.15, -0.1) is 0 Å². The van der Waals surface area contributed by atoms with E-state index in [1.807, 2.05) is 0 Å². The highest BCUT2D eigenvalue weighted by molar-refractivity contribution is 7.22. The van der Waals surface area contributed by atoms with Crippen LogP contribution >= 0.6 is 34.5 Å².